The molecule has 0 aliphatic carbocycles. The number of methoxy groups -OCH3 is 1. The summed E-state index contributed by atoms with van der Waals surface area (Å²) in [6, 6.07) is 0. The van der Waals surface area contributed by atoms with Crippen molar-refractivity contribution < 1.29 is 19.0 Å². The first-order valence-corrected chi connectivity index (χ1v) is 3.06. The monoisotopic (exact) mass is 146 g/mol. The summed E-state index contributed by atoms with van der Waals surface area (Å²) in [5, 5.41) is 0. The molecule has 0 aromatic carbocycles. The van der Waals surface area contributed by atoms with E-state index >= 15 is 0 Å². The summed E-state index contributed by atoms with van der Waals surface area (Å²) in [6.45, 7) is 1.95. The molecule has 0 aromatic heterocycles. The molecular formula is C6H10O4. The molecule has 0 unspecified atom stereocenters. The van der Waals surface area contributed by atoms with Crippen LogP contribution in [0, 0.1) is 0 Å². The Hall–Kier alpha value is -0.610. The minimum absolute atomic E-state index is 0.181. The molecule has 0 aromatic rings. The molecule has 10 heavy (non-hydrogen) atoms. The van der Waals surface area contributed by atoms with E-state index in [4.69, 9.17) is 9.47 Å². The van der Waals surface area contributed by atoms with Crippen LogP contribution in [-0.4, -0.2) is 32.1 Å². The first-order valence-electron chi connectivity index (χ1n) is 3.06. The molecule has 1 aliphatic rings. The van der Waals surface area contributed by atoms with Crippen molar-refractivity contribution in [3.05, 3.63) is 0 Å². The quantitative estimate of drug-likeness (QED) is 0.485. The number of carbonyl (C=O) groups excluding carboxylic acids is 1. The summed E-state index contributed by atoms with van der Waals surface area (Å²) >= 11 is 0. The maximum absolute atomic E-state index is 10.8. The van der Waals surface area contributed by atoms with Crippen LogP contribution in [0.4, 0.5) is 0 Å². The van der Waals surface area contributed by atoms with Gasteiger partial charge in [0.05, 0.1) is 13.2 Å². The number of esters is 1. The molecule has 0 saturated carbocycles. The van der Waals surface area contributed by atoms with Gasteiger partial charge >= 0.3 is 5.97 Å². The highest BCUT2D eigenvalue weighted by Crippen LogP contribution is 2.12. The largest absolute Gasteiger partial charge is 0.467 e. The van der Waals surface area contributed by atoms with E-state index in [-0.39, 0.29) is 18.9 Å². The van der Waals surface area contributed by atoms with Gasteiger partial charge in [-0.3, -0.25) is 0 Å². The Morgan fingerprint density at radius 2 is 2.30 bits per heavy atom. The van der Waals surface area contributed by atoms with E-state index in [1.54, 1.807) is 6.92 Å². The second kappa shape index (κ2) is 2.98. The zero-order valence-corrected chi connectivity index (χ0v) is 5.99. The van der Waals surface area contributed by atoms with Crippen LogP contribution in [0.25, 0.3) is 0 Å². The first-order chi connectivity index (χ1) is 4.75. The van der Waals surface area contributed by atoms with Crippen LogP contribution in [0.5, 0.6) is 0 Å². The molecule has 1 fully saturated rings. The molecule has 1 heterocycles. The lowest BCUT2D eigenvalue weighted by Crippen LogP contribution is -2.30. The summed E-state index contributed by atoms with van der Waals surface area (Å²) in [5.41, 5.74) is 0. The van der Waals surface area contributed by atoms with Crippen molar-refractivity contribution in [2.75, 3.05) is 13.9 Å². The normalized spacial score (nSPS) is 32.2. The van der Waals surface area contributed by atoms with Crippen LogP contribution in [0.3, 0.4) is 0 Å². The second-order valence-electron chi connectivity index (χ2n) is 2.10. The van der Waals surface area contributed by atoms with Crippen LogP contribution >= 0.6 is 0 Å². The maximum Gasteiger partial charge on any atom is 0.337 e. The van der Waals surface area contributed by atoms with Gasteiger partial charge in [0.15, 0.2) is 6.10 Å². The number of hydrogen-bond acceptors (Lipinski definition) is 4. The van der Waals surface area contributed by atoms with E-state index in [1.807, 2.05) is 0 Å². The zero-order chi connectivity index (χ0) is 7.56. The van der Waals surface area contributed by atoms with Crippen molar-refractivity contribution in [3.8, 4) is 0 Å². The van der Waals surface area contributed by atoms with Crippen molar-refractivity contribution in [2.24, 2.45) is 0 Å². The third-order valence-electron chi connectivity index (χ3n) is 1.44. The van der Waals surface area contributed by atoms with Gasteiger partial charge in [0.25, 0.3) is 0 Å². The summed E-state index contributed by atoms with van der Waals surface area (Å²) in [6.07, 6.45) is -0.725. The Kier molecular flexibility index (Phi) is 2.24. The number of carbonyl (C=O) groups is 1. The van der Waals surface area contributed by atoms with Gasteiger partial charge in [0, 0.05) is 0 Å². The minimum atomic E-state index is -0.537. The Bertz CT molecular complexity index is 134. The van der Waals surface area contributed by atoms with Crippen LogP contribution in [-0.2, 0) is 19.0 Å². The van der Waals surface area contributed by atoms with Crippen LogP contribution in [0.2, 0.25) is 0 Å². The van der Waals surface area contributed by atoms with Gasteiger partial charge in [-0.15, -0.1) is 0 Å². The summed E-state index contributed by atoms with van der Waals surface area (Å²) in [4.78, 5) is 10.8. The van der Waals surface area contributed by atoms with Gasteiger partial charge < -0.3 is 14.2 Å². The highest BCUT2D eigenvalue weighted by atomic mass is 16.7. The molecule has 0 radical (unpaired) electrons. The van der Waals surface area contributed by atoms with Crippen molar-refractivity contribution >= 4 is 5.97 Å². The molecule has 0 N–H and O–H groups in total. The molecule has 0 spiro atoms. The van der Waals surface area contributed by atoms with Crippen LogP contribution in [0.15, 0.2) is 0 Å². The molecule has 1 aliphatic heterocycles. The van der Waals surface area contributed by atoms with E-state index in [0.717, 1.165) is 0 Å². The van der Waals surface area contributed by atoms with Crippen LogP contribution < -0.4 is 0 Å². The van der Waals surface area contributed by atoms with Crippen LogP contribution in [0.1, 0.15) is 6.92 Å². The Morgan fingerprint density at radius 3 is 2.70 bits per heavy atom. The molecule has 4 nitrogen and oxygen atoms in total. The SMILES string of the molecule is COC(=O)[C@@H]1OCO[C@H]1C. The fourth-order valence-electron chi connectivity index (χ4n) is 0.819. The topological polar surface area (TPSA) is 44.8 Å². The molecular weight excluding hydrogens is 136 g/mol. The van der Waals surface area contributed by atoms with Gasteiger partial charge in [-0.05, 0) is 6.92 Å². The van der Waals surface area contributed by atoms with E-state index in [0.29, 0.717) is 0 Å². The first kappa shape index (κ1) is 7.50. The lowest BCUT2D eigenvalue weighted by molar-refractivity contribution is -0.151. The number of ether oxygens (including phenoxy) is 3. The maximum atomic E-state index is 10.8. The Morgan fingerprint density at radius 1 is 1.60 bits per heavy atom. The highest BCUT2D eigenvalue weighted by molar-refractivity contribution is 5.75. The Balaban J connectivity index is 2.46. The number of hydrogen-bond donors (Lipinski definition) is 0. The van der Waals surface area contributed by atoms with E-state index in [9.17, 15) is 4.79 Å². The third kappa shape index (κ3) is 1.27. The molecule has 1 rings (SSSR count). The lowest BCUT2D eigenvalue weighted by atomic mass is 10.2. The fourth-order valence-corrected chi connectivity index (χ4v) is 0.819. The van der Waals surface area contributed by atoms with E-state index < -0.39 is 6.10 Å². The molecule has 4 heteroatoms. The Labute approximate surface area is 59.1 Å². The van der Waals surface area contributed by atoms with Crippen molar-refractivity contribution in [1.29, 1.82) is 0 Å². The lowest BCUT2D eigenvalue weighted by Gasteiger charge is -2.08. The van der Waals surface area contributed by atoms with Crippen molar-refractivity contribution in [1.82, 2.24) is 0 Å². The second-order valence-corrected chi connectivity index (χ2v) is 2.10. The molecule has 2 atom stereocenters. The smallest absolute Gasteiger partial charge is 0.337 e. The summed E-state index contributed by atoms with van der Waals surface area (Å²) < 4.78 is 14.3. The molecule has 58 valence electrons. The standard InChI is InChI=1S/C6H10O4/c1-4-5(6(7)8-2)10-3-9-4/h4-5H,3H2,1-2H3/t4-,5+/m0/s1. The van der Waals surface area contributed by atoms with Gasteiger partial charge in [0.1, 0.15) is 6.79 Å². The van der Waals surface area contributed by atoms with E-state index in [2.05, 4.69) is 4.74 Å². The van der Waals surface area contributed by atoms with Gasteiger partial charge in [-0.1, -0.05) is 0 Å². The highest BCUT2D eigenvalue weighted by Gasteiger charge is 2.32. The third-order valence-corrected chi connectivity index (χ3v) is 1.44. The van der Waals surface area contributed by atoms with Gasteiger partial charge in [-0.25, -0.2) is 4.79 Å². The van der Waals surface area contributed by atoms with Gasteiger partial charge in [0.2, 0.25) is 0 Å². The average molecular weight is 146 g/mol. The average Bonchev–Trinajstić information content (AvgIpc) is 2.34. The minimum Gasteiger partial charge on any atom is -0.467 e. The molecule has 0 amide bonds. The molecule has 1 saturated heterocycles. The molecule has 0 bridgehead atoms. The van der Waals surface area contributed by atoms with Crippen molar-refractivity contribution in [2.45, 2.75) is 19.1 Å². The summed E-state index contributed by atoms with van der Waals surface area (Å²) in [7, 11) is 1.33. The number of rotatable bonds is 1. The van der Waals surface area contributed by atoms with Crippen molar-refractivity contribution in [3.63, 3.8) is 0 Å². The summed E-state index contributed by atoms with van der Waals surface area (Å²) in [5.74, 6) is -0.370. The van der Waals surface area contributed by atoms with Gasteiger partial charge in [-0.2, -0.15) is 0 Å². The fraction of sp³-hybridized carbons (Fsp3) is 0.833. The predicted molar refractivity (Wildman–Crippen MR) is 32.3 cm³/mol. The van der Waals surface area contributed by atoms with E-state index in [1.165, 1.54) is 7.11 Å². The zero-order valence-electron chi connectivity index (χ0n) is 5.99. The predicted octanol–water partition coefficient (Wildman–Crippen LogP) is -0.0792.